The van der Waals surface area contributed by atoms with E-state index in [1.807, 2.05) is 25.1 Å². The fraction of sp³-hybridized carbons (Fsp3) is 0.333. The Kier molecular flexibility index (Phi) is 4.97. The summed E-state index contributed by atoms with van der Waals surface area (Å²) in [5.41, 5.74) is 2.06. The first kappa shape index (κ1) is 14.5. The quantitative estimate of drug-likeness (QED) is 0.824. The lowest BCUT2D eigenvalue weighted by Gasteiger charge is -2.19. The Bertz CT molecular complexity index is 553. The maximum absolute atomic E-state index is 13.2. The molecular weight excluding hydrogens is 281 g/mol. The van der Waals surface area contributed by atoms with Crippen molar-refractivity contribution >= 4 is 22.9 Å². The lowest BCUT2D eigenvalue weighted by Crippen LogP contribution is -2.23. The molecule has 1 aromatic carbocycles. The maximum atomic E-state index is 13.2. The summed E-state index contributed by atoms with van der Waals surface area (Å²) in [6, 6.07) is 8.96. The first-order valence-corrected chi connectivity index (χ1v) is 7.56. The van der Waals surface area contributed by atoms with Gasteiger partial charge in [0.2, 0.25) is 0 Å². The first-order valence-electron chi connectivity index (χ1n) is 6.36. The minimum atomic E-state index is -0.195. The molecule has 0 aliphatic heterocycles. The van der Waals surface area contributed by atoms with Crippen molar-refractivity contribution < 1.29 is 4.39 Å². The molecule has 1 heterocycles. The Morgan fingerprint density at radius 1 is 1.32 bits per heavy atom. The summed E-state index contributed by atoms with van der Waals surface area (Å²) in [6.45, 7) is 4.98. The van der Waals surface area contributed by atoms with Crippen LogP contribution in [0.2, 0.25) is 4.34 Å². The Hall–Kier alpha value is -0.900. The van der Waals surface area contributed by atoms with E-state index >= 15 is 0 Å². The van der Waals surface area contributed by atoms with Gasteiger partial charge < -0.3 is 5.32 Å². The van der Waals surface area contributed by atoms with Crippen LogP contribution in [0.5, 0.6) is 0 Å². The third kappa shape index (κ3) is 3.56. The van der Waals surface area contributed by atoms with Gasteiger partial charge in [-0.1, -0.05) is 24.6 Å². The van der Waals surface area contributed by atoms with Crippen LogP contribution in [0.1, 0.15) is 35.4 Å². The van der Waals surface area contributed by atoms with Crippen LogP contribution in [0.4, 0.5) is 4.39 Å². The van der Waals surface area contributed by atoms with E-state index in [-0.39, 0.29) is 11.9 Å². The van der Waals surface area contributed by atoms with E-state index in [0.29, 0.717) is 0 Å². The topological polar surface area (TPSA) is 12.0 Å². The van der Waals surface area contributed by atoms with Crippen molar-refractivity contribution in [3.8, 4) is 0 Å². The molecule has 1 atom stereocenters. The molecule has 102 valence electrons. The fourth-order valence-electron chi connectivity index (χ4n) is 2.10. The van der Waals surface area contributed by atoms with Crippen molar-refractivity contribution in [2.24, 2.45) is 0 Å². The van der Waals surface area contributed by atoms with Crippen molar-refractivity contribution in [2.45, 2.75) is 26.3 Å². The second-order valence-electron chi connectivity index (χ2n) is 4.53. The molecule has 0 fully saturated rings. The first-order chi connectivity index (χ1) is 9.11. The van der Waals surface area contributed by atoms with Crippen LogP contribution in [0, 0.1) is 12.7 Å². The minimum Gasteiger partial charge on any atom is -0.306 e. The summed E-state index contributed by atoms with van der Waals surface area (Å²) in [4.78, 5) is 1.16. The second-order valence-corrected chi connectivity index (χ2v) is 6.28. The number of thiophene rings is 1. The molecule has 1 N–H and O–H groups in total. The third-order valence-corrected chi connectivity index (χ3v) is 4.32. The standard InChI is InChI=1S/C15H17ClFNS/c1-3-8-18-15(13-6-7-14(16)19-13)12-5-4-11(17)9-10(12)2/h4-7,9,15,18H,3,8H2,1-2H3. The Morgan fingerprint density at radius 2 is 2.11 bits per heavy atom. The zero-order valence-corrected chi connectivity index (χ0v) is 12.6. The van der Waals surface area contributed by atoms with Crippen LogP contribution < -0.4 is 5.32 Å². The van der Waals surface area contributed by atoms with Crippen molar-refractivity contribution in [2.75, 3.05) is 6.54 Å². The van der Waals surface area contributed by atoms with E-state index < -0.39 is 0 Å². The van der Waals surface area contributed by atoms with E-state index in [1.165, 1.54) is 6.07 Å². The molecule has 19 heavy (non-hydrogen) atoms. The average molecular weight is 298 g/mol. The Labute approximate surface area is 122 Å². The molecule has 0 bridgehead atoms. The molecule has 0 saturated heterocycles. The molecule has 0 amide bonds. The highest BCUT2D eigenvalue weighted by atomic mass is 35.5. The number of aryl methyl sites for hydroxylation is 1. The monoisotopic (exact) mass is 297 g/mol. The molecule has 0 aliphatic carbocycles. The summed E-state index contributed by atoms with van der Waals surface area (Å²) in [7, 11) is 0. The van der Waals surface area contributed by atoms with Crippen LogP contribution in [0.25, 0.3) is 0 Å². The van der Waals surface area contributed by atoms with Crippen molar-refractivity contribution in [1.82, 2.24) is 5.32 Å². The molecule has 4 heteroatoms. The molecule has 0 aliphatic rings. The van der Waals surface area contributed by atoms with Gasteiger partial charge >= 0.3 is 0 Å². The van der Waals surface area contributed by atoms with Crippen LogP contribution in [-0.2, 0) is 0 Å². The summed E-state index contributed by atoms with van der Waals surface area (Å²) < 4.78 is 14.0. The highest BCUT2D eigenvalue weighted by molar-refractivity contribution is 7.16. The predicted octanol–water partition coefficient (Wildman–Crippen LogP) is 4.94. The second kappa shape index (κ2) is 6.51. The predicted molar refractivity (Wildman–Crippen MR) is 80.6 cm³/mol. The number of nitrogens with one attached hydrogen (secondary N) is 1. The lowest BCUT2D eigenvalue weighted by atomic mass is 9.99. The van der Waals surface area contributed by atoms with Crippen molar-refractivity contribution in [1.29, 1.82) is 0 Å². The molecule has 1 unspecified atom stereocenters. The summed E-state index contributed by atoms with van der Waals surface area (Å²) in [5, 5.41) is 3.50. The zero-order valence-electron chi connectivity index (χ0n) is 11.0. The smallest absolute Gasteiger partial charge is 0.123 e. The van der Waals surface area contributed by atoms with Gasteiger partial charge in [-0.2, -0.15) is 0 Å². The summed E-state index contributed by atoms with van der Waals surface area (Å²) in [6.07, 6.45) is 1.05. The SMILES string of the molecule is CCCNC(c1ccc(Cl)s1)c1ccc(F)cc1C. The van der Waals surface area contributed by atoms with E-state index in [0.717, 1.165) is 33.3 Å². The van der Waals surface area contributed by atoms with E-state index in [2.05, 4.69) is 12.2 Å². The number of rotatable bonds is 5. The summed E-state index contributed by atoms with van der Waals surface area (Å²) in [5.74, 6) is -0.195. The van der Waals surface area contributed by atoms with Gasteiger partial charge in [-0.3, -0.25) is 0 Å². The third-order valence-electron chi connectivity index (χ3n) is 3.02. The van der Waals surface area contributed by atoms with Gasteiger partial charge in [0.15, 0.2) is 0 Å². The van der Waals surface area contributed by atoms with Gasteiger partial charge in [0.05, 0.1) is 10.4 Å². The van der Waals surface area contributed by atoms with Crippen LogP contribution in [-0.4, -0.2) is 6.54 Å². The van der Waals surface area contributed by atoms with E-state index in [1.54, 1.807) is 17.4 Å². The molecule has 0 saturated carbocycles. The van der Waals surface area contributed by atoms with E-state index in [9.17, 15) is 4.39 Å². The van der Waals surface area contributed by atoms with Gasteiger partial charge in [-0.15, -0.1) is 11.3 Å². The number of benzene rings is 1. The largest absolute Gasteiger partial charge is 0.306 e. The fourth-order valence-corrected chi connectivity index (χ4v) is 3.25. The molecular formula is C15H17ClFNS. The normalized spacial score (nSPS) is 12.6. The highest BCUT2D eigenvalue weighted by Crippen LogP contribution is 2.32. The molecule has 1 aromatic heterocycles. The van der Waals surface area contributed by atoms with Gasteiger partial charge in [0, 0.05) is 4.88 Å². The van der Waals surface area contributed by atoms with Gasteiger partial charge in [0.1, 0.15) is 5.82 Å². The van der Waals surface area contributed by atoms with Crippen LogP contribution in [0.3, 0.4) is 0 Å². The number of hydrogen-bond donors (Lipinski definition) is 1. The lowest BCUT2D eigenvalue weighted by molar-refractivity contribution is 0.596. The molecule has 2 rings (SSSR count). The average Bonchev–Trinajstić information content (AvgIpc) is 2.78. The van der Waals surface area contributed by atoms with Gasteiger partial charge in [-0.25, -0.2) is 4.39 Å². The van der Waals surface area contributed by atoms with Crippen LogP contribution in [0.15, 0.2) is 30.3 Å². The van der Waals surface area contributed by atoms with Crippen molar-refractivity contribution in [3.05, 3.63) is 56.5 Å². The maximum Gasteiger partial charge on any atom is 0.123 e. The van der Waals surface area contributed by atoms with Gasteiger partial charge in [0.25, 0.3) is 0 Å². The zero-order chi connectivity index (χ0) is 13.8. The molecule has 1 nitrogen and oxygen atoms in total. The van der Waals surface area contributed by atoms with E-state index in [4.69, 9.17) is 11.6 Å². The minimum absolute atomic E-state index is 0.0815. The molecule has 0 radical (unpaired) electrons. The molecule has 0 spiro atoms. The van der Waals surface area contributed by atoms with Crippen LogP contribution >= 0.6 is 22.9 Å². The number of halogens is 2. The summed E-state index contributed by atoms with van der Waals surface area (Å²) >= 11 is 7.58. The van der Waals surface area contributed by atoms with Gasteiger partial charge in [-0.05, 0) is 55.3 Å². The number of hydrogen-bond acceptors (Lipinski definition) is 2. The highest BCUT2D eigenvalue weighted by Gasteiger charge is 2.17. The molecule has 2 aromatic rings. The van der Waals surface area contributed by atoms with Crippen molar-refractivity contribution in [3.63, 3.8) is 0 Å². The Balaban J connectivity index is 2.36. The Morgan fingerprint density at radius 3 is 2.68 bits per heavy atom.